The Balaban J connectivity index is 1.94. The molecule has 0 radical (unpaired) electrons. The number of aliphatic imine (C=N–C) groups is 1. The van der Waals surface area contributed by atoms with Gasteiger partial charge in [-0.3, -0.25) is 4.99 Å². The quantitative estimate of drug-likeness (QED) is 0.366. The first-order valence-electron chi connectivity index (χ1n) is 11.2. The van der Waals surface area contributed by atoms with Gasteiger partial charge in [0, 0.05) is 46.6 Å². The third kappa shape index (κ3) is 3.82. The molecule has 0 bridgehead atoms. The smallest absolute Gasteiger partial charge is 0.335 e. The maximum Gasteiger partial charge on any atom is 0.335 e. The van der Waals surface area contributed by atoms with E-state index in [1.165, 1.54) is 24.3 Å². The second-order valence-corrected chi connectivity index (χ2v) is 9.39. The summed E-state index contributed by atoms with van der Waals surface area (Å²) in [5.74, 6) is -2.18. The lowest BCUT2D eigenvalue weighted by molar-refractivity contribution is 0.0696. The van der Waals surface area contributed by atoms with Crippen molar-refractivity contribution in [3.8, 4) is 16.8 Å². The third-order valence-electron chi connectivity index (χ3n) is 6.44. The fourth-order valence-electron chi connectivity index (χ4n) is 4.95. The minimum absolute atomic E-state index is 0.125. The Morgan fingerprint density at radius 1 is 1.11 bits per heavy atom. The normalized spacial score (nSPS) is 12.9. The summed E-state index contributed by atoms with van der Waals surface area (Å²) in [5.41, 5.74) is 4.54. The first-order valence-corrected chi connectivity index (χ1v) is 11.2. The number of halogens is 2. The van der Waals surface area contributed by atoms with Gasteiger partial charge >= 0.3 is 5.97 Å². The number of carboxylic acid groups (broad SMARTS) is 1. The number of hydrogen-bond donors (Lipinski definition) is 1. The summed E-state index contributed by atoms with van der Waals surface area (Å²) in [7, 11) is 1.61. The molecule has 4 aromatic rings. The van der Waals surface area contributed by atoms with Gasteiger partial charge in [-0.1, -0.05) is 19.9 Å². The van der Waals surface area contributed by atoms with Crippen molar-refractivity contribution < 1.29 is 23.4 Å². The fraction of sp³-hybridized carbons (Fsp3) is 0.214. The van der Waals surface area contributed by atoms with Crippen molar-refractivity contribution >= 4 is 23.1 Å². The first-order chi connectivity index (χ1) is 16.7. The van der Waals surface area contributed by atoms with Gasteiger partial charge in [0.05, 0.1) is 24.2 Å². The van der Waals surface area contributed by atoms with Crippen molar-refractivity contribution in [3.63, 3.8) is 0 Å². The van der Waals surface area contributed by atoms with Gasteiger partial charge in [-0.05, 0) is 59.7 Å². The minimum atomic E-state index is -1.20. The Kier molecular flexibility index (Phi) is 5.52. The molecule has 1 aromatic heterocycles. The Labute approximate surface area is 201 Å². The van der Waals surface area contributed by atoms with Crippen LogP contribution in [0.25, 0.3) is 27.7 Å². The molecule has 0 saturated carbocycles. The highest BCUT2D eigenvalue weighted by Crippen LogP contribution is 2.45. The van der Waals surface area contributed by atoms with Gasteiger partial charge in [0.2, 0.25) is 0 Å². The molecule has 0 amide bonds. The van der Waals surface area contributed by atoms with Crippen molar-refractivity contribution in [2.45, 2.75) is 25.8 Å². The number of aromatic carboxylic acids is 1. The van der Waals surface area contributed by atoms with E-state index in [4.69, 9.17) is 4.74 Å². The number of benzene rings is 3. The second-order valence-electron chi connectivity index (χ2n) is 9.39. The molecule has 7 heteroatoms. The predicted molar refractivity (Wildman–Crippen MR) is 132 cm³/mol. The van der Waals surface area contributed by atoms with Crippen LogP contribution in [-0.2, 0) is 16.7 Å². The molecular weight excluding hydrogens is 450 g/mol. The number of fused-ring (bicyclic) bond motifs is 2. The van der Waals surface area contributed by atoms with Gasteiger partial charge < -0.3 is 14.4 Å². The number of methoxy groups -OCH3 is 1. The summed E-state index contributed by atoms with van der Waals surface area (Å²) in [5, 5.41) is 10.2. The lowest BCUT2D eigenvalue weighted by Gasteiger charge is -2.28. The number of carbonyl (C=O) groups is 1. The van der Waals surface area contributed by atoms with E-state index in [0.29, 0.717) is 24.3 Å². The molecule has 0 unspecified atom stereocenters. The molecule has 5 nitrogen and oxygen atoms in total. The highest BCUT2D eigenvalue weighted by Gasteiger charge is 2.33. The van der Waals surface area contributed by atoms with Crippen LogP contribution in [0.15, 0.2) is 59.6 Å². The highest BCUT2D eigenvalue weighted by atomic mass is 19.1. The maximum absolute atomic E-state index is 15.5. The van der Waals surface area contributed by atoms with Gasteiger partial charge in [-0.2, -0.15) is 0 Å². The molecule has 0 aliphatic carbocycles. The summed E-state index contributed by atoms with van der Waals surface area (Å²) in [6.07, 6.45) is 1.82. The topological polar surface area (TPSA) is 63.8 Å². The molecule has 0 atom stereocenters. The summed E-state index contributed by atoms with van der Waals surface area (Å²) in [6.45, 7) is 4.89. The number of rotatable bonds is 6. The van der Waals surface area contributed by atoms with E-state index in [-0.39, 0.29) is 11.4 Å². The van der Waals surface area contributed by atoms with E-state index in [1.807, 2.05) is 36.8 Å². The van der Waals surface area contributed by atoms with Crippen LogP contribution < -0.4 is 0 Å². The van der Waals surface area contributed by atoms with Crippen LogP contribution in [-0.4, -0.2) is 35.6 Å². The van der Waals surface area contributed by atoms with Crippen LogP contribution in [0.4, 0.5) is 8.78 Å². The van der Waals surface area contributed by atoms with Crippen molar-refractivity contribution in [1.29, 1.82) is 0 Å². The van der Waals surface area contributed by atoms with Crippen molar-refractivity contribution in [2.24, 2.45) is 4.99 Å². The van der Waals surface area contributed by atoms with Crippen molar-refractivity contribution in [2.75, 3.05) is 13.7 Å². The van der Waals surface area contributed by atoms with Crippen LogP contribution in [0.1, 0.15) is 41.0 Å². The Morgan fingerprint density at radius 3 is 2.51 bits per heavy atom. The minimum Gasteiger partial charge on any atom is -0.478 e. The SMILES string of the molecule is COCC(C)(C)c1c(-c2ccc(C(=O)O)cc2F)c2cc3c(cc2n1-c1ccc(F)cc1)C=NC3. The van der Waals surface area contributed by atoms with Gasteiger partial charge in [0.1, 0.15) is 11.6 Å². The predicted octanol–water partition coefficient (Wildman–Crippen LogP) is 6.13. The van der Waals surface area contributed by atoms with Gasteiger partial charge in [0.15, 0.2) is 0 Å². The van der Waals surface area contributed by atoms with Crippen molar-refractivity contribution in [3.05, 3.63) is 88.6 Å². The lowest BCUT2D eigenvalue weighted by Crippen LogP contribution is -2.27. The number of aromatic nitrogens is 1. The standard InChI is InChI=1S/C28H24F2N2O3/c1-28(2,15-35-3)26-25(21-9-4-16(27(33)34)11-23(21)30)22-10-17-13-31-14-18(17)12-24(22)32(26)20-7-5-19(29)6-8-20/h4-12,14H,13,15H2,1-3H3,(H,33,34). The molecule has 0 saturated heterocycles. The molecule has 0 spiro atoms. The van der Waals surface area contributed by atoms with E-state index >= 15 is 4.39 Å². The average Bonchev–Trinajstić information content (AvgIpc) is 3.40. The van der Waals surface area contributed by atoms with Gasteiger partial charge in [-0.25, -0.2) is 13.6 Å². The van der Waals surface area contributed by atoms with E-state index in [9.17, 15) is 14.3 Å². The zero-order valence-electron chi connectivity index (χ0n) is 19.6. The van der Waals surface area contributed by atoms with Crippen LogP contribution in [0, 0.1) is 11.6 Å². The number of ether oxygens (including phenoxy) is 1. The molecule has 5 rings (SSSR count). The van der Waals surface area contributed by atoms with Crippen molar-refractivity contribution in [1.82, 2.24) is 4.57 Å². The summed E-state index contributed by atoms with van der Waals surface area (Å²) < 4.78 is 36.9. The molecule has 0 fully saturated rings. The zero-order valence-corrected chi connectivity index (χ0v) is 19.6. The van der Waals surface area contributed by atoms with Crippen LogP contribution in [0.2, 0.25) is 0 Å². The molecule has 3 aromatic carbocycles. The first kappa shape index (κ1) is 22.9. The molecule has 2 heterocycles. The summed E-state index contributed by atoms with van der Waals surface area (Å²) >= 11 is 0. The molecule has 1 aliphatic heterocycles. The Bertz CT molecular complexity index is 1500. The Hall–Kier alpha value is -3.84. The molecular formula is C28H24F2N2O3. The number of hydrogen-bond acceptors (Lipinski definition) is 3. The van der Waals surface area contributed by atoms with Crippen LogP contribution in [0.5, 0.6) is 0 Å². The lowest BCUT2D eigenvalue weighted by atomic mass is 9.84. The van der Waals surface area contributed by atoms with Crippen LogP contribution in [0.3, 0.4) is 0 Å². The monoisotopic (exact) mass is 474 g/mol. The molecule has 1 N–H and O–H groups in total. The third-order valence-corrected chi connectivity index (χ3v) is 6.44. The van der Waals surface area contributed by atoms with E-state index in [2.05, 4.69) is 4.99 Å². The molecule has 178 valence electrons. The largest absolute Gasteiger partial charge is 0.478 e. The number of nitrogens with zero attached hydrogens (tertiary/aromatic N) is 2. The second kappa shape index (κ2) is 8.43. The zero-order chi connectivity index (χ0) is 24.9. The van der Waals surface area contributed by atoms with Crippen LogP contribution >= 0.6 is 0 Å². The fourth-order valence-corrected chi connectivity index (χ4v) is 4.95. The average molecular weight is 475 g/mol. The maximum atomic E-state index is 15.5. The van der Waals surface area contributed by atoms with Gasteiger partial charge in [0.25, 0.3) is 0 Å². The molecule has 35 heavy (non-hydrogen) atoms. The number of carboxylic acids is 1. The molecule has 1 aliphatic rings. The van der Waals surface area contributed by atoms with E-state index in [0.717, 1.165) is 39.5 Å². The Morgan fingerprint density at radius 2 is 1.86 bits per heavy atom. The van der Waals surface area contributed by atoms with Gasteiger partial charge in [-0.15, -0.1) is 0 Å². The summed E-state index contributed by atoms with van der Waals surface area (Å²) in [6, 6.07) is 14.2. The summed E-state index contributed by atoms with van der Waals surface area (Å²) in [4.78, 5) is 15.8. The highest BCUT2D eigenvalue weighted by molar-refractivity contribution is 6.04. The van der Waals surface area contributed by atoms with E-state index < -0.39 is 17.2 Å². The van der Waals surface area contributed by atoms with E-state index in [1.54, 1.807) is 19.2 Å².